The first-order valence-electron chi connectivity index (χ1n) is 8.59. The van der Waals surface area contributed by atoms with Crippen molar-refractivity contribution in [2.45, 2.75) is 24.2 Å². The lowest BCUT2D eigenvalue weighted by atomic mass is 9.97. The summed E-state index contributed by atoms with van der Waals surface area (Å²) in [6.45, 7) is 2.32. The molecule has 0 aliphatic heterocycles. The number of rotatable bonds is 9. The molecule has 0 spiro atoms. The van der Waals surface area contributed by atoms with Gasteiger partial charge in [-0.25, -0.2) is 13.1 Å². The van der Waals surface area contributed by atoms with Crippen molar-refractivity contribution >= 4 is 34.0 Å². The molecule has 0 radical (unpaired) electrons. The van der Waals surface area contributed by atoms with Crippen LogP contribution in [0.25, 0.3) is 0 Å². The molecule has 2 aromatic carbocycles. The Balaban J connectivity index is 0.00000392. The van der Waals surface area contributed by atoms with Gasteiger partial charge in [0.05, 0.1) is 12.0 Å². The number of anilines is 1. The van der Waals surface area contributed by atoms with Crippen LogP contribution in [0.1, 0.15) is 24.8 Å². The number of sulfonamides is 1. The topological polar surface area (TPSA) is 111 Å². The van der Waals surface area contributed by atoms with E-state index in [9.17, 15) is 13.2 Å². The lowest BCUT2D eigenvalue weighted by Crippen LogP contribution is -2.29. The van der Waals surface area contributed by atoms with E-state index in [1.807, 2.05) is 31.2 Å². The molecule has 7 nitrogen and oxygen atoms in total. The Bertz CT molecular complexity index is 873. The second-order valence-corrected chi connectivity index (χ2v) is 7.91. The molecule has 0 bridgehead atoms. The number of benzene rings is 2. The molecular formula is C19H26ClN3O4S. The van der Waals surface area contributed by atoms with Crippen LogP contribution in [-0.2, 0) is 14.8 Å². The van der Waals surface area contributed by atoms with Gasteiger partial charge in [-0.3, -0.25) is 4.79 Å². The highest BCUT2D eigenvalue weighted by Crippen LogP contribution is 2.23. The Labute approximate surface area is 172 Å². The maximum atomic E-state index is 12.3. The molecule has 0 saturated heterocycles. The summed E-state index contributed by atoms with van der Waals surface area (Å²) in [6, 6.07) is 13.7. The molecule has 0 fully saturated rings. The Morgan fingerprint density at radius 3 is 2.46 bits per heavy atom. The normalized spacial score (nSPS) is 12.0. The highest BCUT2D eigenvalue weighted by atomic mass is 35.5. The van der Waals surface area contributed by atoms with Gasteiger partial charge in [-0.1, -0.05) is 25.1 Å². The number of methoxy groups -OCH3 is 1. The van der Waals surface area contributed by atoms with Crippen LogP contribution >= 0.6 is 12.4 Å². The lowest BCUT2D eigenvalue weighted by Gasteiger charge is -2.13. The maximum absolute atomic E-state index is 12.3. The van der Waals surface area contributed by atoms with E-state index >= 15 is 0 Å². The van der Waals surface area contributed by atoms with Gasteiger partial charge in [-0.05, 0) is 41.8 Å². The van der Waals surface area contributed by atoms with Gasteiger partial charge in [0.1, 0.15) is 5.75 Å². The van der Waals surface area contributed by atoms with Gasteiger partial charge in [0.15, 0.2) is 0 Å². The largest absolute Gasteiger partial charge is 0.497 e. The molecule has 1 unspecified atom stereocenters. The van der Waals surface area contributed by atoms with Gasteiger partial charge < -0.3 is 15.8 Å². The van der Waals surface area contributed by atoms with Crippen LogP contribution in [0.2, 0.25) is 0 Å². The fourth-order valence-corrected chi connectivity index (χ4v) is 3.65. The third-order valence-corrected chi connectivity index (χ3v) is 5.50. The molecule has 0 aliphatic carbocycles. The molecular weight excluding hydrogens is 402 g/mol. The number of amides is 1. The Morgan fingerprint density at radius 1 is 1.18 bits per heavy atom. The van der Waals surface area contributed by atoms with Crippen LogP contribution in [-0.4, -0.2) is 34.5 Å². The number of carbonyl (C=O) groups excluding carboxylic acids is 1. The minimum absolute atomic E-state index is 0. The third kappa shape index (κ3) is 6.79. The van der Waals surface area contributed by atoms with E-state index in [0.717, 1.165) is 11.3 Å². The summed E-state index contributed by atoms with van der Waals surface area (Å²) in [5, 5.41) is 2.75. The Hall–Kier alpha value is -2.13. The smallest absolute Gasteiger partial charge is 0.240 e. The summed E-state index contributed by atoms with van der Waals surface area (Å²) in [5.74, 6) is 0.577. The van der Waals surface area contributed by atoms with E-state index in [1.165, 1.54) is 12.1 Å². The zero-order valence-corrected chi connectivity index (χ0v) is 17.5. The average molecular weight is 428 g/mol. The quantitative estimate of drug-likeness (QED) is 0.569. The van der Waals surface area contributed by atoms with Crippen LogP contribution in [0, 0.1) is 0 Å². The molecule has 0 aliphatic rings. The summed E-state index contributed by atoms with van der Waals surface area (Å²) in [4.78, 5) is 12.4. The lowest BCUT2D eigenvalue weighted by molar-refractivity contribution is -0.116. The summed E-state index contributed by atoms with van der Waals surface area (Å²) in [6.07, 6.45) is 0.273. The first-order chi connectivity index (χ1) is 12.9. The predicted octanol–water partition coefficient (Wildman–Crippen LogP) is 2.49. The monoisotopic (exact) mass is 427 g/mol. The van der Waals surface area contributed by atoms with Crippen LogP contribution in [0.3, 0.4) is 0 Å². The van der Waals surface area contributed by atoms with E-state index in [4.69, 9.17) is 10.5 Å². The van der Waals surface area contributed by atoms with Gasteiger partial charge in [-0.15, -0.1) is 12.4 Å². The van der Waals surface area contributed by atoms with Crippen molar-refractivity contribution in [1.29, 1.82) is 0 Å². The molecule has 0 heterocycles. The Kier molecular flexibility index (Phi) is 9.40. The van der Waals surface area contributed by atoms with E-state index in [-0.39, 0.29) is 48.6 Å². The third-order valence-electron chi connectivity index (χ3n) is 4.04. The highest BCUT2D eigenvalue weighted by Gasteiger charge is 2.15. The second kappa shape index (κ2) is 11.0. The van der Waals surface area contributed by atoms with E-state index in [0.29, 0.717) is 5.69 Å². The van der Waals surface area contributed by atoms with Crippen molar-refractivity contribution in [2.75, 3.05) is 25.5 Å². The molecule has 28 heavy (non-hydrogen) atoms. The standard InChI is InChI=1S/C19H25N3O4S.ClH/c1-14(15-6-8-17(26-2)9-7-15)12-19(23)22-16-4-3-5-18(13-16)27(24,25)21-11-10-20;/h3-9,13-14,21H,10-12,20H2,1-2H3,(H,22,23);1H. The zero-order chi connectivity index (χ0) is 19.9. The van der Waals surface area contributed by atoms with E-state index in [1.54, 1.807) is 19.2 Å². The average Bonchev–Trinajstić information content (AvgIpc) is 2.66. The van der Waals surface area contributed by atoms with E-state index in [2.05, 4.69) is 10.0 Å². The minimum Gasteiger partial charge on any atom is -0.497 e. The molecule has 1 atom stereocenters. The molecule has 0 saturated carbocycles. The summed E-state index contributed by atoms with van der Waals surface area (Å²) >= 11 is 0. The molecule has 2 rings (SSSR count). The first-order valence-corrected chi connectivity index (χ1v) is 10.1. The molecule has 154 valence electrons. The molecule has 9 heteroatoms. The highest BCUT2D eigenvalue weighted by molar-refractivity contribution is 7.89. The number of carbonyl (C=O) groups is 1. The van der Waals surface area contributed by atoms with Gasteiger partial charge in [0.25, 0.3) is 0 Å². The second-order valence-electron chi connectivity index (χ2n) is 6.14. The van der Waals surface area contributed by atoms with Gasteiger partial charge in [0.2, 0.25) is 15.9 Å². The van der Waals surface area contributed by atoms with Crippen molar-refractivity contribution in [3.05, 3.63) is 54.1 Å². The first kappa shape index (κ1) is 23.9. The van der Waals surface area contributed by atoms with Gasteiger partial charge in [0, 0.05) is 25.2 Å². The maximum Gasteiger partial charge on any atom is 0.240 e. The van der Waals surface area contributed by atoms with Gasteiger partial charge in [-0.2, -0.15) is 0 Å². The SMILES string of the molecule is COc1ccc(C(C)CC(=O)Nc2cccc(S(=O)(=O)NCCN)c2)cc1.Cl. The Morgan fingerprint density at radius 2 is 1.86 bits per heavy atom. The number of nitrogens with one attached hydrogen (secondary N) is 2. The van der Waals surface area contributed by atoms with Crippen molar-refractivity contribution < 1.29 is 17.9 Å². The van der Waals surface area contributed by atoms with Gasteiger partial charge >= 0.3 is 0 Å². The number of hydrogen-bond acceptors (Lipinski definition) is 5. The summed E-state index contributed by atoms with van der Waals surface area (Å²) in [7, 11) is -2.04. The van der Waals surface area contributed by atoms with Crippen LogP contribution in [0.5, 0.6) is 5.75 Å². The van der Waals surface area contributed by atoms with Crippen molar-refractivity contribution in [3.63, 3.8) is 0 Å². The van der Waals surface area contributed by atoms with Crippen LogP contribution in [0.15, 0.2) is 53.4 Å². The van der Waals surface area contributed by atoms with Crippen molar-refractivity contribution in [2.24, 2.45) is 5.73 Å². The van der Waals surface area contributed by atoms with Crippen molar-refractivity contribution in [1.82, 2.24) is 4.72 Å². The molecule has 1 amide bonds. The number of halogens is 1. The molecule has 0 aromatic heterocycles. The predicted molar refractivity (Wildman–Crippen MR) is 113 cm³/mol. The van der Waals surface area contributed by atoms with Crippen LogP contribution < -0.4 is 20.5 Å². The molecule has 4 N–H and O–H groups in total. The molecule has 2 aromatic rings. The fourth-order valence-electron chi connectivity index (χ4n) is 2.56. The number of ether oxygens (including phenoxy) is 1. The van der Waals surface area contributed by atoms with E-state index < -0.39 is 10.0 Å². The number of nitrogens with two attached hydrogens (primary N) is 1. The van der Waals surface area contributed by atoms with Crippen LogP contribution in [0.4, 0.5) is 5.69 Å². The summed E-state index contributed by atoms with van der Waals surface area (Å²) in [5.41, 5.74) is 6.78. The summed E-state index contributed by atoms with van der Waals surface area (Å²) < 4.78 is 31.8. The minimum atomic E-state index is -3.65. The zero-order valence-electron chi connectivity index (χ0n) is 15.8. The van der Waals surface area contributed by atoms with Crippen molar-refractivity contribution in [3.8, 4) is 5.75 Å². The fraction of sp³-hybridized carbons (Fsp3) is 0.316. The number of hydrogen-bond donors (Lipinski definition) is 3.